The lowest BCUT2D eigenvalue weighted by Gasteiger charge is -2.13. The standard InChI is InChI=1S/C14H12BrClO2/c1-9(17)13-8-10(15)2-7-14(13)18-12-5-3-11(16)4-6-12/h2-9,17H,1H3. The second kappa shape index (κ2) is 5.74. The Balaban J connectivity index is 2.31. The Morgan fingerprint density at radius 3 is 2.44 bits per heavy atom. The predicted molar refractivity (Wildman–Crippen MR) is 76.3 cm³/mol. The summed E-state index contributed by atoms with van der Waals surface area (Å²) in [7, 11) is 0. The molecule has 1 unspecified atom stereocenters. The van der Waals surface area contributed by atoms with Crippen molar-refractivity contribution in [2.75, 3.05) is 0 Å². The van der Waals surface area contributed by atoms with Gasteiger partial charge in [-0.2, -0.15) is 0 Å². The molecule has 0 aromatic heterocycles. The summed E-state index contributed by atoms with van der Waals surface area (Å²) in [5, 5.41) is 10.4. The van der Waals surface area contributed by atoms with Gasteiger partial charge in [0.2, 0.25) is 0 Å². The van der Waals surface area contributed by atoms with Gasteiger partial charge >= 0.3 is 0 Å². The fourth-order valence-electron chi connectivity index (χ4n) is 1.57. The number of halogens is 2. The van der Waals surface area contributed by atoms with Gasteiger partial charge < -0.3 is 9.84 Å². The topological polar surface area (TPSA) is 29.5 Å². The largest absolute Gasteiger partial charge is 0.457 e. The molecule has 0 saturated heterocycles. The first-order valence-electron chi connectivity index (χ1n) is 5.47. The van der Waals surface area contributed by atoms with E-state index in [0.29, 0.717) is 16.5 Å². The fraction of sp³-hybridized carbons (Fsp3) is 0.143. The summed E-state index contributed by atoms with van der Waals surface area (Å²) >= 11 is 9.19. The van der Waals surface area contributed by atoms with E-state index in [0.717, 1.165) is 10.0 Å². The van der Waals surface area contributed by atoms with Crippen LogP contribution in [0.1, 0.15) is 18.6 Å². The van der Waals surface area contributed by atoms with Gasteiger partial charge in [-0.05, 0) is 49.4 Å². The van der Waals surface area contributed by atoms with Crippen LogP contribution in [0.25, 0.3) is 0 Å². The van der Waals surface area contributed by atoms with E-state index in [1.54, 1.807) is 31.2 Å². The van der Waals surface area contributed by atoms with Crippen molar-refractivity contribution in [2.24, 2.45) is 0 Å². The SMILES string of the molecule is CC(O)c1cc(Br)ccc1Oc1ccc(Cl)cc1. The minimum Gasteiger partial charge on any atom is -0.457 e. The Hall–Kier alpha value is -1.03. The molecule has 0 aliphatic rings. The van der Waals surface area contributed by atoms with E-state index in [1.165, 1.54) is 0 Å². The van der Waals surface area contributed by atoms with Crippen LogP contribution in [0.5, 0.6) is 11.5 Å². The number of rotatable bonds is 3. The average Bonchev–Trinajstić information content (AvgIpc) is 2.34. The van der Waals surface area contributed by atoms with Crippen molar-refractivity contribution in [2.45, 2.75) is 13.0 Å². The first kappa shape index (κ1) is 13.4. The van der Waals surface area contributed by atoms with E-state index in [2.05, 4.69) is 15.9 Å². The van der Waals surface area contributed by atoms with Crippen molar-refractivity contribution in [3.05, 3.63) is 57.5 Å². The van der Waals surface area contributed by atoms with Gasteiger partial charge in [-0.3, -0.25) is 0 Å². The summed E-state index contributed by atoms with van der Waals surface area (Å²) in [6.07, 6.45) is -0.593. The normalized spacial score (nSPS) is 12.2. The molecule has 1 atom stereocenters. The van der Waals surface area contributed by atoms with Crippen molar-refractivity contribution in [3.8, 4) is 11.5 Å². The highest BCUT2D eigenvalue weighted by molar-refractivity contribution is 9.10. The molecular weight excluding hydrogens is 316 g/mol. The summed E-state index contributed by atoms with van der Waals surface area (Å²) in [6, 6.07) is 12.6. The van der Waals surface area contributed by atoms with E-state index in [1.807, 2.05) is 18.2 Å². The third-order valence-electron chi connectivity index (χ3n) is 2.46. The van der Waals surface area contributed by atoms with Gasteiger partial charge in [0.25, 0.3) is 0 Å². The number of hydrogen-bond donors (Lipinski definition) is 1. The molecule has 0 saturated carbocycles. The summed E-state index contributed by atoms with van der Waals surface area (Å²) < 4.78 is 6.65. The van der Waals surface area contributed by atoms with E-state index >= 15 is 0 Å². The molecule has 0 amide bonds. The molecule has 0 fully saturated rings. The molecule has 2 aromatic carbocycles. The van der Waals surface area contributed by atoms with Crippen LogP contribution < -0.4 is 4.74 Å². The second-order valence-electron chi connectivity index (χ2n) is 3.91. The van der Waals surface area contributed by atoms with Gasteiger partial charge in [-0.15, -0.1) is 0 Å². The Kier molecular flexibility index (Phi) is 4.27. The molecule has 0 bridgehead atoms. The van der Waals surface area contributed by atoms with Crippen molar-refractivity contribution in [3.63, 3.8) is 0 Å². The molecule has 0 aliphatic heterocycles. The highest BCUT2D eigenvalue weighted by Crippen LogP contribution is 2.32. The summed E-state index contributed by atoms with van der Waals surface area (Å²) in [5.74, 6) is 1.32. The maximum atomic E-state index is 9.73. The lowest BCUT2D eigenvalue weighted by molar-refractivity contribution is 0.195. The molecule has 0 spiro atoms. The summed E-state index contributed by atoms with van der Waals surface area (Å²) in [4.78, 5) is 0. The highest BCUT2D eigenvalue weighted by atomic mass is 79.9. The predicted octanol–water partition coefficient (Wildman–Crippen LogP) is 4.95. The highest BCUT2D eigenvalue weighted by Gasteiger charge is 2.10. The first-order chi connectivity index (χ1) is 8.56. The lowest BCUT2D eigenvalue weighted by Crippen LogP contribution is -1.96. The van der Waals surface area contributed by atoms with E-state index in [9.17, 15) is 5.11 Å². The molecule has 2 aromatic rings. The van der Waals surface area contributed by atoms with Gasteiger partial charge in [-0.25, -0.2) is 0 Å². The molecule has 2 nitrogen and oxygen atoms in total. The van der Waals surface area contributed by atoms with Crippen LogP contribution in [0.4, 0.5) is 0 Å². The molecule has 1 N–H and O–H groups in total. The maximum absolute atomic E-state index is 9.73. The summed E-state index contributed by atoms with van der Waals surface area (Å²) in [5.41, 5.74) is 0.735. The molecule has 2 rings (SSSR count). The van der Waals surface area contributed by atoms with Gasteiger partial charge in [0, 0.05) is 15.1 Å². The quantitative estimate of drug-likeness (QED) is 0.864. The number of ether oxygens (including phenoxy) is 1. The monoisotopic (exact) mass is 326 g/mol. The number of benzene rings is 2. The summed E-state index contributed by atoms with van der Waals surface area (Å²) in [6.45, 7) is 1.70. The molecule has 18 heavy (non-hydrogen) atoms. The average molecular weight is 328 g/mol. The zero-order valence-electron chi connectivity index (χ0n) is 9.73. The van der Waals surface area contributed by atoms with Crippen LogP contribution in [-0.2, 0) is 0 Å². The van der Waals surface area contributed by atoms with Crippen LogP contribution in [0.15, 0.2) is 46.9 Å². The number of aliphatic hydroxyl groups is 1. The third kappa shape index (κ3) is 3.25. The number of hydrogen-bond acceptors (Lipinski definition) is 2. The van der Waals surface area contributed by atoms with Gasteiger partial charge in [0.1, 0.15) is 11.5 Å². The fourth-order valence-corrected chi connectivity index (χ4v) is 2.07. The minimum absolute atomic E-state index is 0.593. The van der Waals surface area contributed by atoms with Gasteiger partial charge in [0.05, 0.1) is 6.10 Å². The Bertz CT molecular complexity index is 538. The molecule has 4 heteroatoms. The van der Waals surface area contributed by atoms with Crippen LogP contribution >= 0.6 is 27.5 Å². The van der Waals surface area contributed by atoms with Crippen molar-refractivity contribution in [1.29, 1.82) is 0 Å². The molecule has 0 aliphatic carbocycles. The van der Waals surface area contributed by atoms with Gasteiger partial charge in [0.15, 0.2) is 0 Å². The second-order valence-corrected chi connectivity index (χ2v) is 5.27. The van der Waals surface area contributed by atoms with E-state index in [4.69, 9.17) is 16.3 Å². The molecule has 0 heterocycles. The Labute approximate surface area is 119 Å². The van der Waals surface area contributed by atoms with Crippen LogP contribution in [0.2, 0.25) is 5.02 Å². The maximum Gasteiger partial charge on any atom is 0.133 e. The molecule has 94 valence electrons. The first-order valence-corrected chi connectivity index (χ1v) is 6.64. The third-order valence-corrected chi connectivity index (χ3v) is 3.21. The van der Waals surface area contributed by atoms with Crippen molar-refractivity contribution >= 4 is 27.5 Å². The Morgan fingerprint density at radius 2 is 1.83 bits per heavy atom. The smallest absolute Gasteiger partial charge is 0.133 e. The zero-order valence-corrected chi connectivity index (χ0v) is 12.1. The van der Waals surface area contributed by atoms with Crippen LogP contribution in [0, 0.1) is 0 Å². The lowest BCUT2D eigenvalue weighted by atomic mass is 10.1. The van der Waals surface area contributed by atoms with Crippen LogP contribution in [0.3, 0.4) is 0 Å². The van der Waals surface area contributed by atoms with E-state index < -0.39 is 6.10 Å². The van der Waals surface area contributed by atoms with Crippen LogP contribution in [-0.4, -0.2) is 5.11 Å². The Morgan fingerprint density at radius 1 is 1.17 bits per heavy atom. The minimum atomic E-state index is -0.593. The molecule has 0 radical (unpaired) electrons. The van der Waals surface area contributed by atoms with Gasteiger partial charge in [-0.1, -0.05) is 27.5 Å². The van der Waals surface area contributed by atoms with Crippen molar-refractivity contribution < 1.29 is 9.84 Å². The van der Waals surface area contributed by atoms with E-state index in [-0.39, 0.29) is 0 Å². The zero-order chi connectivity index (χ0) is 13.1. The number of aliphatic hydroxyl groups excluding tert-OH is 1. The molecular formula is C14H12BrClO2. The van der Waals surface area contributed by atoms with Crippen molar-refractivity contribution in [1.82, 2.24) is 0 Å².